The topological polar surface area (TPSA) is 78.0 Å². The van der Waals surface area contributed by atoms with E-state index < -0.39 is 0 Å². The van der Waals surface area contributed by atoms with Gasteiger partial charge < -0.3 is 14.8 Å². The Morgan fingerprint density at radius 1 is 1.22 bits per heavy atom. The van der Waals surface area contributed by atoms with Crippen molar-refractivity contribution in [3.8, 4) is 0 Å². The Morgan fingerprint density at radius 2 is 2.13 bits per heavy atom. The molecule has 1 N–H and O–H groups in total. The van der Waals surface area contributed by atoms with Gasteiger partial charge in [-0.1, -0.05) is 0 Å². The zero-order chi connectivity index (χ0) is 16.1. The van der Waals surface area contributed by atoms with E-state index in [0.29, 0.717) is 12.8 Å². The lowest BCUT2D eigenvalue weighted by atomic mass is 10.2. The van der Waals surface area contributed by atoms with Crippen LogP contribution in [0.3, 0.4) is 0 Å². The first-order valence-corrected chi connectivity index (χ1v) is 8.03. The minimum Gasteiger partial charge on any atom is -0.353 e. The molecule has 3 rings (SSSR count). The van der Waals surface area contributed by atoms with Crippen LogP contribution in [-0.2, 0) is 11.2 Å². The van der Waals surface area contributed by atoms with Crippen molar-refractivity contribution < 1.29 is 4.79 Å². The predicted molar refractivity (Wildman–Crippen MR) is 87.1 cm³/mol. The SMILES string of the molecule is Cc1ccc(N2CCCN(C(=O)CCc3cnc[nH]3)CC2)nn1. The number of carbonyl (C=O) groups is 1. The fourth-order valence-electron chi connectivity index (χ4n) is 2.78. The highest BCUT2D eigenvalue weighted by atomic mass is 16.2. The van der Waals surface area contributed by atoms with Gasteiger partial charge in [0, 0.05) is 44.5 Å². The van der Waals surface area contributed by atoms with Crippen molar-refractivity contribution in [2.75, 3.05) is 31.1 Å². The largest absolute Gasteiger partial charge is 0.353 e. The van der Waals surface area contributed by atoms with Crippen molar-refractivity contribution in [1.82, 2.24) is 25.1 Å². The van der Waals surface area contributed by atoms with Crippen molar-refractivity contribution >= 4 is 11.7 Å². The van der Waals surface area contributed by atoms with Gasteiger partial charge >= 0.3 is 0 Å². The Hall–Kier alpha value is -2.44. The minimum atomic E-state index is 0.205. The Morgan fingerprint density at radius 3 is 2.87 bits per heavy atom. The van der Waals surface area contributed by atoms with Gasteiger partial charge in [-0.3, -0.25) is 4.79 Å². The van der Waals surface area contributed by atoms with Crippen LogP contribution in [0, 0.1) is 6.92 Å². The summed E-state index contributed by atoms with van der Waals surface area (Å²) in [6.07, 6.45) is 5.60. The Labute approximate surface area is 135 Å². The summed E-state index contributed by atoms with van der Waals surface area (Å²) in [6.45, 7) is 5.17. The normalized spacial score (nSPS) is 15.5. The zero-order valence-electron chi connectivity index (χ0n) is 13.4. The molecular weight excluding hydrogens is 292 g/mol. The van der Waals surface area contributed by atoms with E-state index in [4.69, 9.17) is 0 Å². The van der Waals surface area contributed by atoms with Crippen LogP contribution in [0.4, 0.5) is 5.82 Å². The molecule has 7 nitrogen and oxygen atoms in total. The molecule has 1 saturated heterocycles. The second-order valence-electron chi connectivity index (χ2n) is 5.83. The first kappa shape index (κ1) is 15.5. The number of hydrogen-bond acceptors (Lipinski definition) is 5. The number of imidazole rings is 1. The molecule has 2 aromatic heterocycles. The molecule has 1 fully saturated rings. The van der Waals surface area contributed by atoms with Crippen LogP contribution in [0.25, 0.3) is 0 Å². The first-order valence-electron chi connectivity index (χ1n) is 8.03. The number of nitrogens with one attached hydrogen (secondary N) is 1. The van der Waals surface area contributed by atoms with Gasteiger partial charge in [0.2, 0.25) is 5.91 Å². The third-order valence-corrected chi connectivity index (χ3v) is 4.12. The molecule has 122 valence electrons. The molecule has 0 radical (unpaired) electrons. The van der Waals surface area contributed by atoms with Crippen LogP contribution in [0.1, 0.15) is 24.2 Å². The van der Waals surface area contributed by atoms with Gasteiger partial charge in [-0.15, -0.1) is 5.10 Å². The molecule has 0 unspecified atom stereocenters. The summed E-state index contributed by atoms with van der Waals surface area (Å²) in [5, 5.41) is 8.36. The second kappa shape index (κ2) is 7.21. The van der Waals surface area contributed by atoms with E-state index in [0.717, 1.165) is 49.8 Å². The van der Waals surface area contributed by atoms with Crippen LogP contribution < -0.4 is 4.90 Å². The number of anilines is 1. The highest BCUT2D eigenvalue weighted by molar-refractivity contribution is 5.76. The molecule has 1 aliphatic heterocycles. The van der Waals surface area contributed by atoms with Crippen molar-refractivity contribution in [3.05, 3.63) is 36.0 Å². The predicted octanol–water partition coefficient (Wildman–Crippen LogP) is 1.18. The van der Waals surface area contributed by atoms with Crippen molar-refractivity contribution in [2.45, 2.75) is 26.2 Å². The van der Waals surface area contributed by atoms with Crippen LogP contribution in [-0.4, -0.2) is 57.2 Å². The third kappa shape index (κ3) is 4.06. The fourth-order valence-corrected chi connectivity index (χ4v) is 2.78. The molecule has 0 bridgehead atoms. The molecule has 0 saturated carbocycles. The van der Waals surface area contributed by atoms with Crippen molar-refractivity contribution in [2.24, 2.45) is 0 Å². The maximum Gasteiger partial charge on any atom is 0.223 e. The van der Waals surface area contributed by atoms with Crippen LogP contribution in [0.2, 0.25) is 0 Å². The second-order valence-corrected chi connectivity index (χ2v) is 5.83. The fraction of sp³-hybridized carbons (Fsp3) is 0.500. The molecule has 0 aromatic carbocycles. The van der Waals surface area contributed by atoms with E-state index in [-0.39, 0.29) is 5.91 Å². The molecule has 1 amide bonds. The summed E-state index contributed by atoms with van der Waals surface area (Å²) >= 11 is 0. The molecule has 7 heteroatoms. The molecule has 0 aliphatic carbocycles. The standard InChI is InChI=1S/C16H22N6O/c1-13-3-5-15(20-19-13)21-7-2-8-22(10-9-21)16(23)6-4-14-11-17-12-18-14/h3,5,11-12H,2,4,6-10H2,1H3,(H,17,18). The van der Waals surface area contributed by atoms with Crippen LogP contribution in [0.15, 0.2) is 24.7 Å². The van der Waals surface area contributed by atoms with E-state index in [1.807, 2.05) is 24.0 Å². The number of amides is 1. The lowest BCUT2D eigenvalue weighted by Crippen LogP contribution is -2.35. The third-order valence-electron chi connectivity index (χ3n) is 4.12. The van der Waals surface area contributed by atoms with Gasteiger partial charge in [0.05, 0.1) is 12.0 Å². The summed E-state index contributed by atoms with van der Waals surface area (Å²) in [7, 11) is 0. The maximum absolute atomic E-state index is 12.4. The van der Waals surface area contributed by atoms with Crippen LogP contribution in [0.5, 0.6) is 0 Å². The summed E-state index contributed by atoms with van der Waals surface area (Å²) < 4.78 is 0. The first-order chi connectivity index (χ1) is 11.2. The van der Waals surface area contributed by atoms with E-state index in [9.17, 15) is 4.79 Å². The summed E-state index contributed by atoms with van der Waals surface area (Å²) in [4.78, 5) is 23.6. The van der Waals surface area contributed by atoms with E-state index in [1.165, 1.54) is 0 Å². The number of hydrogen-bond donors (Lipinski definition) is 1. The van der Waals surface area contributed by atoms with Gasteiger partial charge in [-0.2, -0.15) is 5.10 Å². The Balaban J connectivity index is 1.53. The number of H-pyrrole nitrogens is 1. The van der Waals surface area contributed by atoms with Gasteiger partial charge in [0.1, 0.15) is 0 Å². The molecule has 2 aromatic rings. The molecule has 1 aliphatic rings. The maximum atomic E-state index is 12.4. The number of aromatic nitrogens is 4. The van der Waals surface area contributed by atoms with Gasteiger partial charge in [-0.05, 0) is 31.9 Å². The number of rotatable bonds is 4. The number of aromatic amines is 1. The zero-order valence-corrected chi connectivity index (χ0v) is 13.4. The molecule has 0 spiro atoms. The molecule has 3 heterocycles. The average Bonchev–Trinajstić information content (AvgIpc) is 2.96. The van der Waals surface area contributed by atoms with E-state index in [2.05, 4.69) is 25.1 Å². The van der Waals surface area contributed by atoms with E-state index in [1.54, 1.807) is 12.5 Å². The number of carbonyl (C=O) groups excluding carboxylic acids is 1. The summed E-state index contributed by atoms with van der Waals surface area (Å²) in [6, 6.07) is 3.97. The van der Waals surface area contributed by atoms with Crippen molar-refractivity contribution in [1.29, 1.82) is 0 Å². The molecular formula is C16H22N6O. The number of nitrogens with zero attached hydrogens (tertiary/aromatic N) is 5. The van der Waals surface area contributed by atoms with Crippen LogP contribution >= 0.6 is 0 Å². The lowest BCUT2D eigenvalue weighted by molar-refractivity contribution is -0.130. The molecule has 23 heavy (non-hydrogen) atoms. The highest BCUT2D eigenvalue weighted by Crippen LogP contribution is 2.14. The smallest absolute Gasteiger partial charge is 0.223 e. The highest BCUT2D eigenvalue weighted by Gasteiger charge is 2.20. The Bertz CT molecular complexity index is 625. The van der Waals surface area contributed by atoms with Gasteiger partial charge in [-0.25, -0.2) is 4.98 Å². The Kier molecular flexibility index (Phi) is 4.85. The molecule has 0 atom stereocenters. The van der Waals surface area contributed by atoms with Gasteiger partial charge in [0.15, 0.2) is 5.82 Å². The lowest BCUT2D eigenvalue weighted by Gasteiger charge is -2.22. The average molecular weight is 314 g/mol. The number of aryl methyl sites for hydroxylation is 2. The monoisotopic (exact) mass is 314 g/mol. The van der Waals surface area contributed by atoms with E-state index >= 15 is 0 Å². The summed E-state index contributed by atoms with van der Waals surface area (Å²) in [5.41, 5.74) is 1.92. The van der Waals surface area contributed by atoms with Gasteiger partial charge in [0.25, 0.3) is 0 Å². The van der Waals surface area contributed by atoms with Crippen molar-refractivity contribution in [3.63, 3.8) is 0 Å². The summed E-state index contributed by atoms with van der Waals surface area (Å²) in [5.74, 6) is 1.10. The quantitative estimate of drug-likeness (QED) is 0.917. The minimum absolute atomic E-state index is 0.205.